The number of anilines is 1. The highest BCUT2D eigenvalue weighted by atomic mass is 16.2. The van der Waals surface area contributed by atoms with Gasteiger partial charge >= 0.3 is 0 Å². The first-order chi connectivity index (χ1) is 11.6. The number of aryl methyl sites for hydroxylation is 1. The van der Waals surface area contributed by atoms with Gasteiger partial charge in [-0.3, -0.25) is 4.79 Å². The van der Waals surface area contributed by atoms with Gasteiger partial charge in [0.15, 0.2) is 0 Å². The SMILES string of the molecule is CN(C)c1cc([C@@H]2CCCN(C(=O)CCn3ccnc3)C2)ccn1. The Bertz CT molecular complexity index is 668. The molecule has 128 valence electrons. The summed E-state index contributed by atoms with van der Waals surface area (Å²) in [6.45, 7) is 2.37. The maximum absolute atomic E-state index is 12.5. The molecular formula is C18H25N5O. The molecule has 3 heterocycles. The molecule has 1 saturated heterocycles. The number of carbonyl (C=O) groups excluding carboxylic acids is 1. The first kappa shape index (κ1) is 16.5. The van der Waals surface area contributed by atoms with Crippen LogP contribution in [0.1, 0.15) is 30.7 Å². The molecule has 0 N–H and O–H groups in total. The van der Waals surface area contributed by atoms with Crippen LogP contribution in [0.3, 0.4) is 0 Å². The van der Waals surface area contributed by atoms with Crippen molar-refractivity contribution in [3.8, 4) is 0 Å². The number of aromatic nitrogens is 3. The van der Waals surface area contributed by atoms with Crippen molar-refractivity contribution in [1.29, 1.82) is 0 Å². The number of pyridine rings is 1. The van der Waals surface area contributed by atoms with E-state index in [0.717, 1.165) is 31.7 Å². The molecule has 0 aliphatic carbocycles. The lowest BCUT2D eigenvalue weighted by Gasteiger charge is -2.33. The van der Waals surface area contributed by atoms with Crippen LogP contribution in [-0.2, 0) is 11.3 Å². The first-order valence-corrected chi connectivity index (χ1v) is 8.50. The summed E-state index contributed by atoms with van der Waals surface area (Å²) in [5, 5.41) is 0. The topological polar surface area (TPSA) is 54.3 Å². The molecule has 1 atom stereocenters. The third-order valence-electron chi connectivity index (χ3n) is 4.62. The fourth-order valence-corrected chi connectivity index (χ4v) is 3.21. The summed E-state index contributed by atoms with van der Waals surface area (Å²) in [5.74, 6) is 1.60. The monoisotopic (exact) mass is 327 g/mol. The van der Waals surface area contributed by atoms with Crippen LogP contribution in [0, 0.1) is 0 Å². The standard InChI is InChI=1S/C18H25N5O/c1-21(2)17-12-15(5-7-20-17)16-4-3-9-23(13-16)18(24)6-10-22-11-8-19-14-22/h5,7-8,11-12,14,16H,3-4,6,9-10,13H2,1-2H3/t16-/m1/s1. The Kier molecular flexibility index (Phi) is 5.13. The number of piperidine rings is 1. The zero-order chi connectivity index (χ0) is 16.9. The molecule has 1 aliphatic rings. The van der Waals surface area contributed by atoms with Crippen molar-refractivity contribution in [2.75, 3.05) is 32.1 Å². The molecule has 0 radical (unpaired) electrons. The summed E-state index contributed by atoms with van der Waals surface area (Å²) in [5.41, 5.74) is 1.28. The van der Waals surface area contributed by atoms with Gasteiger partial charge in [-0.05, 0) is 30.5 Å². The van der Waals surface area contributed by atoms with Crippen LogP contribution in [-0.4, -0.2) is 52.5 Å². The fourth-order valence-electron chi connectivity index (χ4n) is 3.21. The zero-order valence-corrected chi connectivity index (χ0v) is 14.4. The maximum atomic E-state index is 12.5. The van der Waals surface area contributed by atoms with Crippen molar-refractivity contribution in [2.45, 2.75) is 31.7 Å². The van der Waals surface area contributed by atoms with E-state index in [2.05, 4.69) is 22.1 Å². The molecular weight excluding hydrogens is 302 g/mol. The third-order valence-corrected chi connectivity index (χ3v) is 4.62. The van der Waals surface area contributed by atoms with E-state index in [4.69, 9.17) is 0 Å². The molecule has 6 heteroatoms. The molecule has 0 spiro atoms. The van der Waals surface area contributed by atoms with E-state index >= 15 is 0 Å². The van der Waals surface area contributed by atoms with Crippen LogP contribution in [0.25, 0.3) is 0 Å². The smallest absolute Gasteiger partial charge is 0.224 e. The van der Waals surface area contributed by atoms with Crippen LogP contribution in [0.5, 0.6) is 0 Å². The van der Waals surface area contributed by atoms with E-state index in [1.165, 1.54) is 5.56 Å². The van der Waals surface area contributed by atoms with Gasteiger partial charge in [0.1, 0.15) is 5.82 Å². The van der Waals surface area contributed by atoms with E-state index in [-0.39, 0.29) is 5.91 Å². The molecule has 0 bridgehead atoms. The second kappa shape index (κ2) is 7.47. The highest BCUT2D eigenvalue weighted by molar-refractivity contribution is 5.76. The lowest BCUT2D eigenvalue weighted by Crippen LogP contribution is -2.39. The number of carbonyl (C=O) groups is 1. The minimum atomic E-state index is 0.232. The number of likely N-dealkylation sites (tertiary alicyclic amines) is 1. The third kappa shape index (κ3) is 3.93. The molecule has 1 aliphatic heterocycles. The summed E-state index contributed by atoms with van der Waals surface area (Å²) >= 11 is 0. The van der Waals surface area contributed by atoms with Gasteiger partial charge in [-0.2, -0.15) is 0 Å². The predicted molar refractivity (Wildman–Crippen MR) is 94.0 cm³/mol. The Morgan fingerprint density at radius 3 is 3.00 bits per heavy atom. The Morgan fingerprint density at radius 2 is 2.25 bits per heavy atom. The minimum absolute atomic E-state index is 0.232. The van der Waals surface area contributed by atoms with Crippen molar-refractivity contribution < 1.29 is 4.79 Å². The lowest BCUT2D eigenvalue weighted by molar-refractivity contribution is -0.132. The molecule has 2 aromatic rings. The predicted octanol–water partition coefficient (Wildman–Crippen LogP) is 2.14. The Morgan fingerprint density at radius 1 is 1.38 bits per heavy atom. The molecule has 6 nitrogen and oxygen atoms in total. The number of imidazole rings is 1. The average molecular weight is 327 g/mol. The van der Waals surface area contributed by atoms with Crippen LogP contribution in [0.15, 0.2) is 37.1 Å². The largest absolute Gasteiger partial charge is 0.363 e. The number of hydrogen-bond acceptors (Lipinski definition) is 4. The highest BCUT2D eigenvalue weighted by Gasteiger charge is 2.24. The second-order valence-corrected chi connectivity index (χ2v) is 6.57. The molecule has 0 saturated carbocycles. The number of amides is 1. The number of hydrogen-bond donors (Lipinski definition) is 0. The van der Waals surface area contributed by atoms with Gasteiger partial charge in [0.05, 0.1) is 6.33 Å². The van der Waals surface area contributed by atoms with E-state index < -0.39 is 0 Å². The molecule has 1 fully saturated rings. The summed E-state index contributed by atoms with van der Waals surface area (Å²) in [7, 11) is 4.00. The summed E-state index contributed by atoms with van der Waals surface area (Å²) in [6.07, 6.45) is 9.97. The maximum Gasteiger partial charge on any atom is 0.224 e. The van der Waals surface area contributed by atoms with Crippen molar-refractivity contribution in [2.24, 2.45) is 0 Å². The van der Waals surface area contributed by atoms with Crippen LogP contribution in [0.2, 0.25) is 0 Å². The summed E-state index contributed by atoms with van der Waals surface area (Å²) < 4.78 is 1.95. The van der Waals surface area contributed by atoms with Crippen LogP contribution >= 0.6 is 0 Å². The van der Waals surface area contributed by atoms with Gasteiger partial charge in [0.25, 0.3) is 0 Å². The fraction of sp³-hybridized carbons (Fsp3) is 0.500. The summed E-state index contributed by atoms with van der Waals surface area (Å²) in [6, 6.07) is 4.22. The average Bonchev–Trinajstić information content (AvgIpc) is 3.13. The van der Waals surface area contributed by atoms with Crippen molar-refractivity contribution in [1.82, 2.24) is 19.4 Å². The van der Waals surface area contributed by atoms with Crippen molar-refractivity contribution in [3.05, 3.63) is 42.6 Å². The first-order valence-electron chi connectivity index (χ1n) is 8.50. The summed E-state index contributed by atoms with van der Waals surface area (Å²) in [4.78, 5) is 24.9. The highest BCUT2D eigenvalue weighted by Crippen LogP contribution is 2.28. The van der Waals surface area contributed by atoms with Gasteiger partial charge in [-0.15, -0.1) is 0 Å². The van der Waals surface area contributed by atoms with E-state index in [9.17, 15) is 4.79 Å². The van der Waals surface area contributed by atoms with E-state index in [1.807, 2.05) is 40.9 Å². The Balaban J connectivity index is 1.61. The van der Waals surface area contributed by atoms with Crippen molar-refractivity contribution in [3.63, 3.8) is 0 Å². The van der Waals surface area contributed by atoms with E-state index in [0.29, 0.717) is 18.9 Å². The minimum Gasteiger partial charge on any atom is -0.363 e. The van der Waals surface area contributed by atoms with Gasteiger partial charge in [0.2, 0.25) is 5.91 Å². The molecule has 3 rings (SSSR count). The van der Waals surface area contributed by atoms with Gasteiger partial charge in [-0.25, -0.2) is 9.97 Å². The Labute approximate surface area is 143 Å². The van der Waals surface area contributed by atoms with E-state index in [1.54, 1.807) is 12.5 Å². The normalized spacial score (nSPS) is 17.8. The van der Waals surface area contributed by atoms with Gasteiger partial charge in [0, 0.05) is 64.7 Å². The van der Waals surface area contributed by atoms with Crippen LogP contribution < -0.4 is 4.90 Å². The Hall–Kier alpha value is -2.37. The van der Waals surface area contributed by atoms with Crippen molar-refractivity contribution >= 4 is 11.7 Å². The van der Waals surface area contributed by atoms with Gasteiger partial charge in [-0.1, -0.05) is 0 Å². The van der Waals surface area contributed by atoms with Crippen LogP contribution in [0.4, 0.5) is 5.82 Å². The quantitative estimate of drug-likeness (QED) is 0.844. The number of nitrogens with zero attached hydrogens (tertiary/aromatic N) is 5. The second-order valence-electron chi connectivity index (χ2n) is 6.57. The molecule has 1 amide bonds. The zero-order valence-electron chi connectivity index (χ0n) is 14.4. The molecule has 0 aromatic carbocycles. The molecule has 24 heavy (non-hydrogen) atoms. The lowest BCUT2D eigenvalue weighted by atomic mass is 9.91. The number of rotatable bonds is 5. The van der Waals surface area contributed by atoms with Gasteiger partial charge < -0.3 is 14.4 Å². The molecule has 2 aromatic heterocycles. The molecule has 0 unspecified atom stereocenters.